The van der Waals surface area contributed by atoms with Gasteiger partial charge in [-0.25, -0.2) is 13.1 Å². The van der Waals surface area contributed by atoms with Gasteiger partial charge in [-0.3, -0.25) is 0 Å². The standard InChI is InChI=1S/C19H19NO4S/c1-23-17-9-7-16(19(12-17)24-2)13-20-25(21,22)18-10-8-14-5-3-4-6-15(14)11-18/h3-12,20H,13H2,1-2H3. The number of methoxy groups -OCH3 is 2. The van der Waals surface area contributed by atoms with Gasteiger partial charge in [-0.15, -0.1) is 0 Å². The molecule has 0 aromatic heterocycles. The molecular formula is C19H19NO4S. The minimum absolute atomic E-state index is 0.127. The molecule has 0 amide bonds. The first-order valence-corrected chi connectivity index (χ1v) is 9.21. The molecule has 0 radical (unpaired) electrons. The van der Waals surface area contributed by atoms with Crippen LogP contribution in [0, 0.1) is 0 Å². The van der Waals surface area contributed by atoms with Crippen LogP contribution in [0.4, 0.5) is 0 Å². The highest BCUT2D eigenvalue weighted by Crippen LogP contribution is 2.25. The Kier molecular flexibility index (Phi) is 4.92. The number of nitrogens with one attached hydrogen (secondary N) is 1. The molecule has 3 aromatic rings. The molecule has 0 bridgehead atoms. The van der Waals surface area contributed by atoms with Crippen LogP contribution in [-0.2, 0) is 16.6 Å². The zero-order chi connectivity index (χ0) is 17.9. The third-order valence-corrected chi connectivity index (χ3v) is 5.38. The number of fused-ring (bicyclic) bond motifs is 1. The van der Waals surface area contributed by atoms with Crippen LogP contribution in [0.2, 0.25) is 0 Å². The number of hydrogen-bond donors (Lipinski definition) is 1. The minimum atomic E-state index is -3.63. The van der Waals surface area contributed by atoms with Crippen molar-refractivity contribution >= 4 is 20.8 Å². The number of benzene rings is 3. The van der Waals surface area contributed by atoms with E-state index in [4.69, 9.17) is 9.47 Å². The fourth-order valence-corrected chi connectivity index (χ4v) is 3.63. The van der Waals surface area contributed by atoms with Gasteiger partial charge < -0.3 is 9.47 Å². The lowest BCUT2D eigenvalue weighted by Crippen LogP contribution is -2.23. The van der Waals surface area contributed by atoms with Crippen molar-refractivity contribution in [2.24, 2.45) is 0 Å². The fraction of sp³-hybridized carbons (Fsp3) is 0.158. The second-order valence-electron chi connectivity index (χ2n) is 5.51. The molecule has 130 valence electrons. The molecule has 0 atom stereocenters. The molecule has 25 heavy (non-hydrogen) atoms. The molecule has 5 nitrogen and oxygen atoms in total. The maximum atomic E-state index is 12.6. The second-order valence-corrected chi connectivity index (χ2v) is 7.28. The second kappa shape index (κ2) is 7.13. The summed E-state index contributed by atoms with van der Waals surface area (Å²) in [5, 5.41) is 1.88. The summed E-state index contributed by atoms with van der Waals surface area (Å²) in [7, 11) is -0.523. The smallest absolute Gasteiger partial charge is 0.240 e. The SMILES string of the molecule is COc1ccc(CNS(=O)(=O)c2ccc3ccccc3c2)c(OC)c1. The van der Waals surface area contributed by atoms with E-state index in [1.165, 1.54) is 7.11 Å². The third kappa shape index (κ3) is 3.75. The highest BCUT2D eigenvalue weighted by molar-refractivity contribution is 7.89. The molecule has 0 aliphatic carbocycles. The van der Waals surface area contributed by atoms with Crippen LogP contribution in [0.25, 0.3) is 10.8 Å². The van der Waals surface area contributed by atoms with Crippen molar-refractivity contribution in [2.45, 2.75) is 11.4 Å². The summed E-state index contributed by atoms with van der Waals surface area (Å²) < 4.78 is 38.3. The molecule has 3 rings (SSSR count). The predicted molar refractivity (Wildman–Crippen MR) is 97.5 cm³/mol. The van der Waals surface area contributed by atoms with Gasteiger partial charge >= 0.3 is 0 Å². The summed E-state index contributed by atoms with van der Waals surface area (Å²) >= 11 is 0. The average molecular weight is 357 g/mol. The van der Waals surface area contributed by atoms with Crippen molar-refractivity contribution in [3.63, 3.8) is 0 Å². The van der Waals surface area contributed by atoms with E-state index in [2.05, 4.69) is 4.72 Å². The van der Waals surface area contributed by atoms with Crippen LogP contribution in [0.3, 0.4) is 0 Å². The topological polar surface area (TPSA) is 64.6 Å². The van der Waals surface area contributed by atoms with Crippen molar-refractivity contribution < 1.29 is 17.9 Å². The molecule has 0 aliphatic heterocycles. The minimum Gasteiger partial charge on any atom is -0.497 e. The van der Waals surface area contributed by atoms with Crippen molar-refractivity contribution in [3.8, 4) is 11.5 Å². The van der Waals surface area contributed by atoms with Gasteiger partial charge in [0.1, 0.15) is 11.5 Å². The van der Waals surface area contributed by atoms with E-state index in [9.17, 15) is 8.42 Å². The first kappa shape index (κ1) is 17.3. The van der Waals surface area contributed by atoms with Gasteiger partial charge in [-0.1, -0.05) is 36.4 Å². The van der Waals surface area contributed by atoms with E-state index < -0.39 is 10.0 Å². The number of ether oxygens (including phenoxy) is 2. The lowest BCUT2D eigenvalue weighted by molar-refractivity contribution is 0.390. The van der Waals surface area contributed by atoms with Crippen LogP contribution >= 0.6 is 0 Å². The van der Waals surface area contributed by atoms with Gasteiger partial charge in [0, 0.05) is 18.2 Å². The van der Waals surface area contributed by atoms with E-state index >= 15 is 0 Å². The normalized spacial score (nSPS) is 11.4. The van der Waals surface area contributed by atoms with Gasteiger partial charge in [0.15, 0.2) is 0 Å². The molecule has 0 unspecified atom stereocenters. The Bertz CT molecular complexity index is 999. The Labute approximate surface area is 147 Å². The molecular weight excluding hydrogens is 338 g/mol. The van der Waals surface area contributed by atoms with Gasteiger partial charge in [0.05, 0.1) is 19.1 Å². The van der Waals surface area contributed by atoms with Crippen LogP contribution in [0.1, 0.15) is 5.56 Å². The maximum absolute atomic E-state index is 12.6. The van der Waals surface area contributed by atoms with E-state index in [1.54, 1.807) is 43.5 Å². The average Bonchev–Trinajstić information content (AvgIpc) is 2.65. The molecule has 0 heterocycles. The number of rotatable bonds is 6. The number of hydrogen-bond acceptors (Lipinski definition) is 4. The highest BCUT2D eigenvalue weighted by atomic mass is 32.2. The molecule has 3 aromatic carbocycles. The monoisotopic (exact) mass is 357 g/mol. The summed E-state index contributed by atoms with van der Waals surface area (Å²) in [6, 6.07) is 18.0. The van der Waals surface area contributed by atoms with Gasteiger partial charge in [-0.05, 0) is 29.0 Å². The van der Waals surface area contributed by atoms with Crippen LogP contribution < -0.4 is 14.2 Å². The van der Waals surface area contributed by atoms with Crippen molar-refractivity contribution in [3.05, 3.63) is 66.2 Å². The summed E-state index contributed by atoms with van der Waals surface area (Å²) in [4.78, 5) is 0.235. The van der Waals surface area contributed by atoms with Crippen molar-refractivity contribution in [1.29, 1.82) is 0 Å². The Morgan fingerprint density at radius 1 is 0.880 bits per heavy atom. The molecule has 0 saturated carbocycles. The molecule has 6 heteroatoms. The van der Waals surface area contributed by atoms with E-state index in [-0.39, 0.29) is 11.4 Å². The Morgan fingerprint density at radius 2 is 1.64 bits per heavy atom. The summed E-state index contributed by atoms with van der Waals surface area (Å²) in [6.45, 7) is 0.127. The molecule has 1 N–H and O–H groups in total. The zero-order valence-corrected chi connectivity index (χ0v) is 14.8. The maximum Gasteiger partial charge on any atom is 0.240 e. The largest absolute Gasteiger partial charge is 0.497 e. The first-order chi connectivity index (χ1) is 12.0. The van der Waals surface area contributed by atoms with E-state index in [1.807, 2.05) is 24.3 Å². The van der Waals surface area contributed by atoms with E-state index in [0.29, 0.717) is 11.5 Å². The van der Waals surface area contributed by atoms with Crippen LogP contribution in [0.5, 0.6) is 11.5 Å². The third-order valence-electron chi connectivity index (χ3n) is 3.98. The molecule has 0 aliphatic rings. The van der Waals surface area contributed by atoms with Gasteiger partial charge in [0.2, 0.25) is 10.0 Å². The number of sulfonamides is 1. The highest BCUT2D eigenvalue weighted by Gasteiger charge is 2.15. The molecule has 0 spiro atoms. The molecule has 0 saturated heterocycles. The first-order valence-electron chi connectivity index (χ1n) is 7.73. The van der Waals surface area contributed by atoms with Crippen molar-refractivity contribution in [1.82, 2.24) is 4.72 Å². The van der Waals surface area contributed by atoms with Gasteiger partial charge in [-0.2, -0.15) is 0 Å². The fourth-order valence-electron chi connectivity index (χ4n) is 2.59. The Hall–Kier alpha value is -2.57. The summed E-state index contributed by atoms with van der Waals surface area (Å²) in [6.07, 6.45) is 0. The van der Waals surface area contributed by atoms with Crippen LogP contribution in [-0.4, -0.2) is 22.6 Å². The quantitative estimate of drug-likeness (QED) is 0.735. The molecule has 0 fully saturated rings. The summed E-state index contributed by atoms with van der Waals surface area (Å²) in [5.41, 5.74) is 0.729. The lowest BCUT2D eigenvalue weighted by atomic mass is 10.1. The predicted octanol–water partition coefficient (Wildman–Crippen LogP) is 3.34. The zero-order valence-electron chi connectivity index (χ0n) is 14.0. The lowest BCUT2D eigenvalue weighted by Gasteiger charge is -2.12. The van der Waals surface area contributed by atoms with Gasteiger partial charge in [0.25, 0.3) is 0 Å². The van der Waals surface area contributed by atoms with E-state index in [0.717, 1.165) is 16.3 Å². The van der Waals surface area contributed by atoms with Crippen LogP contribution in [0.15, 0.2) is 65.6 Å². The Balaban J connectivity index is 1.83. The summed E-state index contributed by atoms with van der Waals surface area (Å²) in [5.74, 6) is 1.22. The Morgan fingerprint density at radius 3 is 2.36 bits per heavy atom. The van der Waals surface area contributed by atoms with Crippen molar-refractivity contribution in [2.75, 3.05) is 14.2 Å².